The maximum Gasteiger partial charge on any atom is 0.255 e. The second kappa shape index (κ2) is 8.18. The lowest BCUT2D eigenvalue weighted by Crippen LogP contribution is -2.52. The normalized spacial score (nSPS) is 22.2. The Balaban J connectivity index is 1.21. The molecule has 3 aliphatic rings. The molecule has 2 unspecified atom stereocenters. The number of ether oxygens (including phenoxy) is 1. The van der Waals surface area contributed by atoms with Crippen LogP contribution in [0.25, 0.3) is 16.9 Å². The van der Waals surface area contributed by atoms with Gasteiger partial charge in [-0.1, -0.05) is 29.5 Å². The molecule has 9 heteroatoms. The molecule has 0 spiro atoms. The summed E-state index contributed by atoms with van der Waals surface area (Å²) in [4.78, 5) is 38.2. The van der Waals surface area contributed by atoms with Crippen LogP contribution in [0.15, 0.2) is 48.7 Å². The number of fused-ring (bicyclic) bond motifs is 1. The predicted octanol–water partition coefficient (Wildman–Crippen LogP) is 2.20. The molecule has 3 aliphatic heterocycles. The molecule has 2 aromatic carbocycles. The number of piperidine rings is 1. The highest BCUT2D eigenvalue weighted by molar-refractivity contribution is 6.05. The molecule has 172 valence electrons. The third-order valence-corrected chi connectivity index (χ3v) is 6.87. The Hall–Kier alpha value is -3.85. The monoisotopic (exact) mass is 457 g/mol. The number of hydrogen-bond donors (Lipinski definition) is 1. The van der Waals surface area contributed by atoms with Crippen LogP contribution in [0, 0.1) is 0 Å². The molecule has 2 fully saturated rings. The van der Waals surface area contributed by atoms with Gasteiger partial charge in [-0.05, 0) is 42.2 Å². The van der Waals surface area contributed by atoms with E-state index in [1.807, 2.05) is 18.3 Å². The van der Waals surface area contributed by atoms with Crippen molar-refractivity contribution in [3.8, 4) is 16.9 Å². The smallest absolute Gasteiger partial charge is 0.255 e. The third-order valence-electron chi connectivity index (χ3n) is 6.87. The summed E-state index contributed by atoms with van der Waals surface area (Å²) >= 11 is 0. The Morgan fingerprint density at radius 2 is 1.88 bits per heavy atom. The average Bonchev–Trinajstić information content (AvgIpc) is 3.60. The molecule has 2 atom stereocenters. The highest BCUT2D eigenvalue weighted by Gasteiger charge is 2.39. The first kappa shape index (κ1) is 20.7. The van der Waals surface area contributed by atoms with E-state index in [1.165, 1.54) is 5.56 Å². The minimum absolute atomic E-state index is 0.192. The van der Waals surface area contributed by atoms with Gasteiger partial charge in [0.2, 0.25) is 11.8 Å². The van der Waals surface area contributed by atoms with E-state index in [4.69, 9.17) is 4.74 Å². The van der Waals surface area contributed by atoms with Crippen molar-refractivity contribution in [1.29, 1.82) is 0 Å². The molecule has 3 amide bonds. The zero-order chi connectivity index (χ0) is 23.2. The fourth-order valence-corrected chi connectivity index (χ4v) is 4.95. The molecule has 9 nitrogen and oxygen atoms in total. The molecule has 4 heterocycles. The Bertz CT molecular complexity index is 1290. The molecule has 6 rings (SSSR count). The summed E-state index contributed by atoms with van der Waals surface area (Å²) in [6.45, 7) is 1.91. The van der Waals surface area contributed by atoms with Gasteiger partial charge in [-0.2, -0.15) is 0 Å². The lowest BCUT2D eigenvalue weighted by molar-refractivity contribution is -0.136. The largest absolute Gasteiger partial charge is 0.381 e. The van der Waals surface area contributed by atoms with Crippen molar-refractivity contribution in [1.82, 2.24) is 25.2 Å². The second-order valence-corrected chi connectivity index (χ2v) is 8.97. The van der Waals surface area contributed by atoms with Gasteiger partial charge in [0.15, 0.2) is 0 Å². The molecule has 3 aromatic rings. The first-order chi connectivity index (χ1) is 16.6. The Morgan fingerprint density at radius 1 is 1.03 bits per heavy atom. The van der Waals surface area contributed by atoms with E-state index in [0.717, 1.165) is 42.1 Å². The van der Waals surface area contributed by atoms with E-state index >= 15 is 0 Å². The lowest BCUT2D eigenvalue weighted by Gasteiger charge is -2.29. The second-order valence-electron chi connectivity index (χ2n) is 8.97. The van der Waals surface area contributed by atoms with E-state index < -0.39 is 11.9 Å². The number of amides is 3. The molecule has 1 N–H and O–H groups in total. The standard InChI is InChI=1S/C25H23N5O4/c31-23-8-7-22(24(32)26-23)29-12-18-11-19(5-6-20(18)25(29)33)30-13-21(27-28-30)16-3-1-15(2-4-16)17-9-10-34-14-17/h1-6,11,13,17,22H,7-10,12,14H2,(H,26,31,32). The van der Waals surface area contributed by atoms with Crippen molar-refractivity contribution in [2.24, 2.45) is 0 Å². The molecule has 0 radical (unpaired) electrons. The van der Waals surface area contributed by atoms with Gasteiger partial charge >= 0.3 is 0 Å². The fraction of sp³-hybridized carbons (Fsp3) is 0.320. The van der Waals surface area contributed by atoms with Crippen molar-refractivity contribution in [3.63, 3.8) is 0 Å². The van der Waals surface area contributed by atoms with Crippen molar-refractivity contribution >= 4 is 17.7 Å². The Kier molecular flexibility index (Phi) is 4.99. The number of imide groups is 1. The summed E-state index contributed by atoms with van der Waals surface area (Å²) < 4.78 is 7.17. The first-order valence-corrected chi connectivity index (χ1v) is 11.5. The van der Waals surface area contributed by atoms with Crippen LogP contribution in [0.3, 0.4) is 0 Å². The van der Waals surface area contributed by atoms with Gasteiger partial charge in [0.25, 0.3) is 5.91 Å². The van der Waals surface area contributed by atoms with Crippen LogP contribution < -0.4 is 5.32 Å². The van der Waals surface area contributed by atoms with Crippen LogP contribution in [0.4, 0.5) is 0 Å². The van der Waals surface area contributed by atoms with Crippen LogP contribution in [0.1, 0.15) is 46.7 Å². The summed E-state index contributed by atoms with van der Waals surface area (Å²) in [7, 11) is 0. The van der Waals surface area contributed by atoms with Crippen LogP contribution in [-0.4, -0.2) is 56.9 Å². The molecular formula is C25H23N5O4. The van der Waals surface area contributed by atoms with Gasteiger partial charge in [-0.25, -0.2) is 4.68 Å². The number of rotatable bonds is 4. The number of carbonyl (C=O) groups is 3. The number of aromatic nitrogens is 3. The fourth-order valence-electron chi connectivity index (χ4n) is 4.95. The van der Waals surface area contributed by atoms with Crippen molar-refractivity contribution in [2.75, 3.05) is 13.2 Å². The summed E-state index contributed by atoms with van der Waals surface area (Å²) in [5.74, 6) is -0.441. The lowest BCUT2D eigenvalue weighted by atomic mass is 9.97. The van der Waals surface area contributed by atoms with Crippen LogP contribution in [-0.2, 0) is 20.9 Å². The minimum atomic E-state index is -0.627. The molecule has 0 aliphatic carbocycles. The van der Waals surface area contributed by atoms with E-state index in [2.05, 4.69) is 39.9 Å². The highest BCUT2D eigenvalue weighted by atomic mass is 16.5. The molecular weight excluding hydrogens is 434 g/mol. The summed E-state index contributed by atoms with van der Waals surface area (Å²) in [5, 5.41) is 10.9. The number of nitrogens with one attached hydrogen (secondary N) is 1. The number of carbonyl (C=O) groups excluding carboxylic acids is 3. The molecule has 34 heavy (non-hydrogen) atoms. The summed E-state index contributed by atoms with van der Waals surface area (Å²) in [6.07, 6.45) is 3.50. The first-order valence-electron chi connectivity index (χ1n) is 11.5. The minimum Gasteiger partial charge on any atom is -0.381 e. The summed E-state index contributed by atoms with van der Waals surface area (Å²) in [5.41, 5.74) is 5.20. The molecule has 0 bridgehead atoms. The van der Waals surface area contributed by atoms with Gasteiger partial charge in [0.1, 0.15) is 11.7 Å². The summed E-state index contributed by atoms with van der Waals surface area (Å²) in [6, 6.07) is 13.2. The Morgan fingerprint density at radius 3 is 2.65 bits per heavy atom. The SMILES string of the molecule is O=C1CCC(N2Cc3cc(-n4cc(-c5ccc(C6CCOC6)cc5)nn4)ccc3C2=O)C(=O)N1. The maximum atomic E-state index is 12.9. The zero-order valence-electron chi connectivity index (χ0n) is 18.4. The Labute approximate surface area is 195 Å². The predicted molar refractivity (Wildman–Crippen MR) is 121 cm³/mol. The van der Waals surface area contributed by atoms with Gasteiger partial charge < -0.3 is 9.64 Å². The number of nitrogens with zero attached hydrogens (tertiary/aromatic N) is 4. The van der Waals surface area contributed by atoms with Gasteiger partial charge in [-0.15, -0.1) is 5.10 Å². The quantitative estimate of drug-likeness (QED) is 0.602. The van der Waals surface area contributed by atoms with Crippen LogP contribution >= 0.6 is 0 Å². The van der Waals surface area contributed by atoms with E-state index in [9.17, 15) is 14.4 Å². The maximum absolute atomic E-state index is 12.9. The van der Waals surface area contributed by atoms with Gasteiger partial charge in [-0.3, -0.25) is 19.7 Å². The average molecular weight is 457 g/mol. The van der Waals surface area contributed by atoms with Gasteiger partial charge in [0.05, 0.1) is 18.5 Å². The van der Waals surface area contributed by atoms with Crippen molar-refractivity contribution < 1.29 is 19.1 Å². The van der Waals surface area contributed by atoms with E-state index in [0.29, 0.717) is 24.4 Å². The van der Waals surface area contributed by atoms with E-state index in [-0.39, 0.29) is 18.2 Å². The van der Waals surface area contributed by atoms with Crippen LogP contribution in [0.2, 0.25) is 0 Å². The highest BCUT2D eigenvalue weighted by Crippen LogP contribution is 2.30. The zero-order valence-corrected chi connectivity index (χ0v) is 18.4. The van der Waals surface area contributed by atoms with Crippen LogP contribution in [0.5, 0.6) is 0 Å². The number of benzene rings is 2. The molecule has 0 saturated carbocycles. The van der Waals surface area contributed by atoms with Gasteiger partial charge in [0, 0.05) is 36.6 Å². The van der Waals surface area contributed by atoms with Crippen molar-refractivity contribution in [2.45, 2.75) is 37.8 Å². The third kappa shape index (κ3) is 3.58. The van der Waals surface area contributed by atoms with Crippen molar-refractivity contribution in [3.05, 3.63) is 65.4 Å². The number of hydrogen-bond acceptors (Lipinski definition) is 6. The molecule has 1 aromatic heterocycles. The molecule has 2 saturated heterocycles. The van der Waals surface area contributed by atoms with E-state index in [1.54, 1.807) is 15.6 Å². The topological polar surface area (TPSA) is 106 Å².